The number of ether oxygens (including phenoxy) is 2. The Balaban J connectivity index is 1.41. The summed E-state index contributed by atoms with van der Waals surface area (Å²) in [5.41, 5.74) is 1.85. The van der Waals surface area contributed by atoms with Crippen LogP contribution < -0.4 is 19.1 Å². The lowest BCUT2D eigenvalue weighted by molar-refractivity contribution is -0.119. The second-order valence-electron chi connectivity index (χ2n) is 8.33. The molecule has 0 aromatic heterocycles. The molecule has 1 aliphatic carbocycles. The van der Waals surface area contributed by atoms with Gasteiger partial charge in [-0.15, -0.1) is 0 Å². The minimum Gasteiger partial charge on any atom is -0.497 e. The molecule has 1 aliphatic heterocycles. The van der Waals surface area contributed by atoms with Gasteiger partial charge in [0.15, 0.2) is 5.75 Å². The highest BCUT2D eigenvalue weighted by atomic mass is 35.5. The zero-order chi connectivity index (χ0) is 23.9. The number of halogens is 1. The molecule has 1 fully saturated rings. The molecule has 1 heterocycles. The number of rotatable bonds is 7. The number of anilines is 2. The van der Waals surface area contributed by atoms with Gasteiger partial charge in [-0.3, -0.25) is 9.52 Å². The maximum absolute atomic E-state index is 13.2. The number of methoxy groups -OCH3 is 1. The maximum Gasteiger partial charge on any atom is 0.262 e. The van der Waals surface area contributed by atoms with E-state index < -0.39 is 10.0 Å². The first-order valence-electron chi connectivity index (χ1n) is 10.9. The predicted octanol–water partition coefficient (Wildman–Crippen LogP) is 5.24. The molecule has 5 rings (SSSR count). The van der Waals surface area contributed by atoms with E-state index in [0.717, 1.165) is 24.1 Å². The number of carbonyl (C=O) groups excluding carboxylic acids is 1. The maximum atomic E-state index is 13.2. The highest BCUT2D eigenvalue weighted by Gasteiger charge is 2.36. The van der Waals surface area contributed by atoms with Crippen molar-refractivity contribution in [1.29, 1.82) is 0 Å². The fraction of sp³-hybridized carbons (Fsp3) is 0.240. The van der Waals surface area contributed by atoms with Gasteiger partial charge in [0.1, 0.15) is 11.5 Å². The first-order valence-corrected chi connectivity index (χ1v) is 12.8. The second-order valence-corrected chi connectivity index (χ2v) is 10.5. The van der Waals surface area contributed by atoms with Gasteiger partial charge in [-0.25, -0.2) is 8.42 Å². The summed E-state index contributed by atoms with van der Waals surface area (Å²) in [6.07, 6.45) is 2.49. The van der Waals surface area contributed by atoms with Gasteiger partial charge >= 0.3 is 0 Å². The van der Waals surface area contributed by atoms with Crippen molar-refractivity contribution in [3.63, 3.8) is 0 Å². The third kappa shape index (κ3) is 4.56. The molecular weight excluding hydrogens is 476 g/mol. The van der Waals surface area contributed by atoms with Crippen LogP contribution in [0.5, 0.6) is 17.2 Å². The molecular formula is C25H23ClN2O5S. The average Bonchev–Trinajstić information content (AvgIpc) is 3.59. The van der Waals surface area contributed by atoms with E-state index in [0.29, 0.717) is 35.2 Å². The predicted molar refractivity (Wildman–Crippen MR) is 131 cm³/mol. The van der Waals surface area contributed by atoms with Gasteiger partial charge in [-0.2, -0.15) is 0 Å². The standard InChI is InChI=1S/C25H23ClN2O5S/c1-32-19-3-2-4-20(15-19)33-24-10-7-18(26)14-22(24)27-34(30,31)21-8-9-23-17(13-21)11-12-28(23)25(29)16-5-6-16/h2-4,7-10,13-16,27H,5-6,11-12H2,1H3. The van der Waals surface area contributed by atoms with Gasteiger partial charge in [0, 0.05) is 29.2 Å². The van der Waals surface area contributed by atoms with Crippen LogP contribution in [-0.2, 0) is 21.2 Å². The molecule has 9 heteroatoms. The Bertz CT molecular complexity index is 1370. The Kier molecular flexibility index (Phi) is 5.87. The van der Waals surface area contributed by atoms with Crippen LogP contribution in [0.4, 0.5) is 11.4 Å². The summed E-state index contributed by atoms with van der Waals surface area (Å²) in [6, 6.07) is 16.6. The van der Waals surface area contributed by atoms with Crippen molar-refractivity contribution in [3.8, 4) is 17.2 Å². The van der Waals surface area contributed by atoms with Crippen molar-refractivity contribution in [3.05, 3.63) is 71.2 Å². The average molecular weight is 499 g/mol. The quantitative estimate of drug-likeness (QED) is 0.481. The van der Waals surface area contributed by atoms with Crippen LogP contribution in [0.3, 0.4) is 0 Å². The number of nitrogens with zero attached hydrogens (tertiary/aromatic N) is 1. The summed E-state index contributed by atoms with van der Waals surface area (Å²) in [5.74, 6) is 1.64. The molecule has 1 saturated carbocycles. The topological polar surface area (TPSA) is 84.9 Å². The Hall–Kier alpha value is -3.23. The van der Waals surface area contributed by atoms with E-state index in [1.165, 1.54) is 12.1 Å². The van der Waals surface area contributed by atoms with Crippen LogP contribution in [-0.4, -0.2) is 28.0 Å². The Morgan fingerprint density at radius 1 is 1.06 bits per heavy atom. The van der Waals surface area contributed by atoms with E-state index in [9.17, 15) is 13.2 Å². The van der Waals surface area contributed by atoms with Crippen molar-refractivity contribution in [2.75, 3.05) is 23.3 Å². The zero-order valence-electron chi connectivity index (χ0n) is 18.5. The van der Waals surface area contributed by atoms with E-state index in [2.05, 4.69) is 4.72 Å². The summed E-state index contributed by atoms with van der Waals surface area (Å²) < 4.78 is 40.2. The SMILES string of the molecule is COc1cccc(Oc2ccc(Cl)cc2NS(=O)(=O)c2ccc3c(c2)CCN3C(=O)C2CC2)c1. The molecule has 34 heavy (non-hydrogen) atoms. The molecule has 0 bridgehead atoms. The van der Waals surface area contributed by atoms with Crippen LogP contribution in [0.1, 0.15) is 18.4 Å². The lowest BCUT2D eigenvalue weighted by Gasteiger charge is -2.18. The minimum absolute atomic E-state index is 0.110. The molecule has 0 radical (unpaired) electrons. The highest BCUT2D eigenvalue weighted by molar-refractivity contribution is 7.92. The molecule has 7 nitrogen and oxygen atoms in total. The van der Waals surface area contributed by atoms with Crippen LogP contribution >= 0.6 is 11.6 Å². The Labute approximate surface area is 203 Å². The van der Waals surface area contributed by atoms with Gasteiger partial charge in [-0.1, -0.05) is 17.7 Å². The van der Waals surface area contributed by atoms with E-state index in [-0.39, 0.29) is 22.4 Å². The van der Waals surface area contributed by atoms with Crippen LogP contribution in [0.15, 0.2) is 65.6 Å². The molecule has 0 spiro atoms. The number of carbonyl (C=O) groups is 1. The lowest BCUT2D eigenvalue weighted by Crippen LogP contribution is -2.30. The molecule has 176 valence electrons. The van der Waals surface area contributed by atoms with Gasteiger partial charge in [-0.05, 0) is 73.4 Å². The van der Waals surface area contributed by atoms with Crippen molar-refractivity contribution < 1.29 is 22.7 Å². The van der Waals surface area contributed by atoms with E-state index >= 15 is 0 Å². The summed E-state index contributed by atoms with van der Waals surface area (Å²) in [7, 11) is -2.38. The first-order chi connectivity index (χ1) is 16.3. The number of amides is 1. The normalized spacial score (nSPS) is 15.1. The van der Waals surface area contributed by atoms with Crippen molar-refractivity contribution >= 4 is 38.9 Å². The number of fused-ring (bicyclic) bond motifs is 1. The fourth-order valence-corrected chi connectivity index (χ4v) is 5.27. The molecule has 0 unspecified atom stereocenters. The number of benzene rings is 3. The molecule has 2 aliphatic rings. The lowest BCUT2D eigenvalue weighted by atomic mass is 10.2. The molecule has 1 N–H and O–H groups in total. The van der Waals surface area contributed by atoms with Gasteiger partial charge in [0.2, 0.25) is 5.91 Å². The van der Waals surface area contributed by atoms with Crippen molar-refractivity contribution in [2.24, 2.45) is 5.92 Å². The first kappa shape index (κ1) is 22.6. The van der Waals surface area contributed by atoms with Crippen molar-refractivity contribution in [1.82, 2.24) is 0 Å². The number of hydrogen-bond acceptors (Lipinski definition) is 5. The minimum atomic E-state index is -3.94. The van der Waals surface area contributed by atoms with Crippen LogP contribution in [0.25, 0.3) is 0 Å². The zero-order valence-corrected chi connectivity index (χ0v) is 20.0. The summed E-state index contributed by atoms with van der Waals surface area (Å²) in [5, 5.41) is 0.360. The highest BCUT2D eigenvalue weighted by Crippen LogP contribution is 2.38. The molecule has 3 aromatic rings. The Morgan fingerprint density at radius 3 is 2.62 bits per heavy atom. The molecule has 1 amide bonds. The third-order valence-electron chi connectivity index (χ3n) is 5.90. The van der Waals surface area contributed by atoms with E-state index in [1.807, 2.05) is 0 Å². The molecule has 3 aromatic carbocycles. The monoisotopic (exact) mass is 498 g/mol. The fourth-order valence-electron chi connectivity index (χ4n) is 3.99. The van der Waals surface area contributed by atoms with Crippen LogP contribution in [0.2, 0.25) is 5.02 Å². The van der Waals surface area contributed by atoms with Crippen LogP contribution in [0, 0.1) is 5.92 Å². The molecule has 0 saturated heterocycles. The van der Waals surface area contributed by atoms with E-state index in [4.69, 9.17) is 21.1 Å². The number of sulfonamides is 1. The summed E-state index contributed by atoms with van der Waals surface area (Å²) in [4.78, 5) is 14.4. The number of hydrogen-bond donors (Lipinski definition) is 1. The van der Waals surface area contributed by atoms with Gasteiger partial charge < -0.3 is 14.4 Å². The van der Waals surface area contributed by atoms with E-state index in [1.54, 1.807) is 60.5 Å². The third-order valence-corrected chi connectivity index (χ3v) is 7.50. The van der Waals surface area contributed by atoms with Crippen molar-refractivity contribution in [2.45, 2.75) is 24.2 Å². The molecule has 0 atom stereocenters. The smallest absolute Gasteiger partial charge is 0.262 e. The van der Waals surface area contributed by atoms with Gasteiger partial charge in [0.25, 0.3) is 10.0 Å². The second kappa shape index (κ2) is 8.85. The summed E-state index contributed by atoms with van der Waals surface area (Å²) >= 11 is 6.15. The van der Waals surface area contributed by atoms with Gasteiger partial charge in [0.05, 0.1) is 17.7 Å². The largest absolute Gasteiger partial charge is 0.497 e. The Morgan fingerprint density at radius 2 is 1.85 bits per heavy atom. The summed E-state index contributed by atoms with van der Waals surface area (Å²) in [6.45, 7) is 0.578. The number of nitrogens with one attached hydrogen (secondary N) is 1.